The van der Waals surface area contributed by atoms with Crippen molar-refractivity contribution in [1.29, 1.82) is 0 Å². The molecule has 0 aliphatic carbocycles. The molecule has 0 aromatic heterocycles. The highest BCUT2D eigenvalue weighted by molar-refractivity contribution is 5.93. The zero-order valence-electron chi connectivity index (χ0n) is 12.9. The normalized spacial score (nSPS) is 10.5. The van der Waals surface area contributed by atoms with Crippen molar-refractivity contribution >= 4 is 11.6 Å². The number of phenolic OH excluding ortho intramolecular Hbond substituents is 1. The van der Waals surface area contributed by atoms with Gasteiger partial charge in [-0.1, -0.05) is 23.8 Å². The van der Waals surface area contributed by atoms with Crippen LogP contribution in [0.3, 0.4) is 0 Å². The maximum atomic E-state index is 12.2. The Morgan fingerprint density at radius 1 is 1.00 bits per heavy atom. The fourth-order valence-corrected chi connectivity index (χ4v) is 2.29. The molecular formula is C18H21NO2. The molecule has 3 nitrogen and oxygen atoms in total. The second-order valence-corrected chi connectivity index (χ2v) is 5.61. The van der Waals surface area contributed by atoms with Crippen molar-refractivity contribution in [2.45, 2.75) is 34.1 Å². The number of amides is 1. The van der Waals surface area contributed by atoms with Gasteiger partial charge in [-0.25, -0.2) is 0 Å². The largest absolute Gasteiger partial charge is 0.508 e. The van der Waals surface area contributed by atoms with E-state index >= 15 is 0 Å². The first kappa shape index (κ1) is 15.1. The van der Waals surface area contributed by atoms with Crippen LogP contribution in [0.25, 0.3) is 0 Å². The molecule has 0 fully saturated rings. The molecule has 0 aliphatic rings. The van der Waals surface area contributed by atoms with Gasteiger partial charge in [0.2, 0.25) is 5.91 Å². The third-order valence-corrected chi connectivity index (χ3v) is 3.67. The molecule has 0 saturated heterocycles. The van der Waals surface area contributed by atoms with E-state index in [2.05, 4.69) is 5.32 Å². The zero-order valence-corrected chi connectivity index (χ0v) is 12.9. The van der Waals surface area contributed by atoms with Crippen molar-refractivity contribution in [3.63, 3.8) is 0 Å². The number of anilines is 1. The molecule has 0 unspecified atom stereocenters. The van der Waals surface area contributed by atoms with Gasteiger partial charge < -0.3 is 10.4 Å². The van der Waals surface area contributed by atoms with Crippen LogP contribution in [0.2, 0.25) is 0 Å². The van der Waals surface area contributed by atoms with Gasteiger partial charge in [0.15, 0.2) is 0 Å². The predicted molar refractivity (Wildman–Crippen MR) is 85.8 cm³/mol. The number of carbonyl (C=O) groups is 1. The molecule has 1 amide bonds. The number of hydrogen-bond acceptors (Lipinski definition) is 2. The Morgan fingerprint density at radius 3 is 2.43 bits per heavy atom. The van der Waals surface area contributed by atoms with Gasteiger partial charge in [0.05, 0.1) is 6.42 Å². The maximum absolute atomic E-state index is 12.2. The Bertz CT molecular complexity index is 690. The Kier molecular flexibility index (Phi) is 4.32. The topological polar surface area (TPSA) is 49.3 Å². The second-order valence-electron chi connectivity index (χ2n) is 5.61. The third-order valence-electron chi connectivity index (χ3n) is 3.67. The summed E-state index contributed by atoms with van der Waals surface area (Å²) in [4.78, 5) is 12.2. The first-order valence-corrected chi connectivity index (χ1v) is 7.03. The summed E-state index contributed by atoms with van der Waals surface area (Å²) in [5.41, 5.74) is 5.67. The van der Waals surface area contributed by atoms with Gasteiger partial charge in [-0.15, -0.1) is 0 Å². The predicted octanol–water partition coefficient (Wildman–Crippen LogP) is 3.81. The Labute approximate surface area is 125 Å². The summed E-state index contributed by atoms with van der Waals surface area (Å²) in [6.07, 6.45) is 0.354. The number of carbonyl (C=O) groups excluding carboxylic acids is 1. The third kappa shape index (κ3) is 3.63. The SMILES string of the molecule is Cc1ccc(C)c(CC(=O)Nc2cc(C)c(O)cc2C)c1. The van der Waals surface area contributed by atoms with E-state index < -0.39 is 0 Å². The van der Waals surface area contributed by atoms with E-state index in [1.165, 1.54) is 0 Å². The van der Waals surface area contributed by atoms with Crippen LogP contribution in [-0.2, 0) is 11.2 Å². The number of aromatic hydroxyl groups is 1. The lowest BCUT2D eigenvalue weighted by Crippen LogP contribution is -2.16. The molecule has 0 bridgehead atoms. The van der Waals surface area contributed by atoms with Crippen LogP contribution in [-0.4, -0.2) is 11.0 Å². The monoisotopic (exact) mass is 283 g/mol. The summed E-state index contributed by atoms with van der Waals surface area (Å²) in [6.45, 7) is 7.72. The number of aryl methyl sites for hydroxylation is 4. The van der Waals surface area contributed by atoms with Crippen LogP contribution in [0.5, 0.6) is 5.75 Å². The lowest BCUT2D eigenvalue weighted by atomic mass is 10.0. The quantitative estimate of drug-likeness (QED) is 0.842. The first-order chi connectivity index (χ1) is 9.86. The molecule has 0 saturated carbocycles. The van der Waals surface area contributed by atoms with Crippen LogP contribution in [0.4, 0.5) is 5.69 Å². The smallest absolute Gasteiger partial charge is 0.228 e. The molecule has 0 atom stereocenters. The minimum atomic E-state index is -0.0445. The van der Waals surface area contributed by atoms with E-state index in [1.807, 2.05) is 45.9 Å². The van der Waals surface area contributed by atoms with Crippen molar-refractivity contribution in [2.24, 2.45) is 0 Å². The Balaban J connectivity index is 2.15. The summed E-state index contributed by atoms with van der Waals surface area (Å²) in [6, 6.07) is 9.59. The average molecular weight is 283 g/mol. The molecular weight excluding hydrogens is 262 g/mol. The van der Waals surface area contributed by atoms with Gasteiger partial charge in [0.1, 0.15) is 5.75 Å². The average Bonchev–Trinajstić information content (AvgIpc) is 2.40. The van der Waals surface area contributed by atoms with Crippen molar-refractivity contribution in [3.05, 3.63) is 58.1 Å². The van der Waals surface area contributed by atoms with Gasteiger partial charge in [0, 0.05) is 5.69 Å². The van der Waals surface area contributed by atoms with Crippen molar-refractivity contribution < 1.29 is 9.90 Å². The fourth-order valence-electron chi connectivity index (χ4n) is 2.29. The standard InChI is InChI=1S/C18H21NO2/c1-11-5-6-12(2)15(7-11)10-18(21)19-16-8-14(4)17(20)9-13(16)3/h5-9,20H,10H2,1-4H3,(H,19,21). The van der Waals surface area contributed by atoms with Crippen LogP contribution in [0.1, 0.15) is 27.8 Å². The fraction of sp³-hybridized carbons (Fsp3) is 0.278. The minimum Gasteiger partial charge on any atom is -0.508 e. The van der Waals surface area contributed by atoms with Crippen LogP contribution < -0.4 is 5.32 Å². The lowest BCUT2D eigenvalue weighted by Gasteiger charge is -2.12. The summed E-state index contributed by atoms with van der Waals surface area (Å²) < 4.78 is 0. The minimum absolute atomic E-state index is 0.0445. The van der Waals surface area contributed by atoms with E-state index in [-0.39, 0.29) is 11.7 Å². The van der Waals surface area contributed by atoms with Crippen LogP contribution >= 0.6 is 0 Å². The summed E-state index contributed by atoms with van der Waals surface area (Å²) in [5, 5.41) is 12.6. The molecule has 2 rings (SSSR count). The lowest BCUT2D eigenvalue weighted by molar-refractivity contribution is -0.115. The molecule has 2 N–H and O–H groups in total. The first-order valence-electron chi connectivity index (χ1n) is 7.03. The molecule has 3 heteroatoms. The van der Waals surface area contributed by atoms with Gasteiger partial charge >= 0.3 is 0 Å². The van der Waals surface area contributed by atoms with Gasteiger partial charge in [-0.05, 0) is 62.1 Å². The summed E-state index contributed by atoms with van der Waals surface area (Å²) in [7, 11) is 0. The second kappa shape index (κ2) is 6.00. The Hall–Kier alpha value is -2.29. The number of rotatable bonds is 3. The highest BCUT2D eigenvalue weighted by atomic mass is 16.3. The van der Waals surface area contributed by atoms with Crippen molar-refractivity contribution in [3.8, 4) is 5.75 Å². The van der Waals surface area contributed by atoms with Crippen LogP contribution in [0, 0.1) is 27.7 Å². The van der Waals surface area contributed by atoms with Gasteiger partial charge in [-0.2, -0.15) is 0 Å². The molecule has 0 spiro atoms. The molecule has 0 radical (unpaired) electrons. The number of phenols is 1. The van der Waals surface area contributed by atoms with Crippen molar-refractivity contribution in [2.75, 3.05) is 5.32 Å². The maximum Gasteiger partial charge on any atom is 0.228 e. The number of benzene rings is 2. The number of hydrogen-bond donors (Lipinski definition) is 2. The van der Waals surface area contributed by atoms with Crippen LogP contribution in [0.15, 0.2) is 30.3 Å². The van der Waals surface area contributed by atoms with E-state index in [1.54, 1.807) is 12.1 Å². The van der Waals surface area contributed by atoms with E-state index in [0.717, 1.165) is 33.5 Å². The molecule has 0 aliphatic heterocycles. The molecule has 0 heterocycles. The highest BCUT2D eigenvalue weighted by Crippen LogP contribution is 2.25. The van der Waals surface area contributed by atoms with E-state index in [9.17, 15) is 9.90 Å². The van der Waals surface area contributed by atoms with Gasteiger partial charge in [-0.3, -0.25) is 4.79 Å². The molecule has 2 aromatic carbocycles. The zero-order chi connectivity index (χ0) is 15.6. The van der Waals surface area contributed by atoms with E-state index in [4.69, 9.17) is 0 Å². The Morgan fingerprint density at radius 2 is 1.71 bits per heavy atom. The van der Waals surface area contributed by atoms with Crippen molar-refractivity contribution in [1.82, 2.24) is 0 Å². The highest BCUT2D eigenvalue weighted by Gasteiger charge is 2.10. The summed E-state index contributed by atoms with van der Waals surface area (Å²) in [5.74, 6) is 0.205. The molecule has 110 valence electrons. The summed E-state index contributed by atoms with van der Waals surface area (Å²) >= 11 is 0. The number of nitrogens with one attached hydrogen (secondary N) is 1. The molecule has 21 heavy (non-hydrogen) atoms. The van der Waals surface area contributed by atoms with E-state index in [0.29, 0.717) is 6.42 Å². The van der Waals surface area contributed by atoms with Gasteiger partial charge in [0.25, 0.3) is 0 Å². The molecule has 2 aromatic rings.